The van der Waals surface area contributed by atoms with Crippen LogP contribution in [0.15, 0.2) is 24.3 Å². The molecule has 2 heterocycles. The summed E-state index contributed by atoms with van der Waals surface area (Å²) in [6, 6.07) is 8.39. The number of anilines is 1. The average molecular weight is 425 g/mol. The molecule has 164 valence electrons. The number of ether oxygens (including phenoxy) is 3. The van der Waals surface area contributed by atoms with Gasteiger partial charge in [-0.25, -0.2) is 0 Å². The minimum atomic E-state index is -0.00354. The molecule has 0 aromatic heterocycles. The molecule has 0 N–H and O–H groups in total. The van der Waals surface area contributed by atoms with Crippen molar-refractivity contribution in [3.05, 3.63) is 24.3 Å². The van der Waals surface area contributed by atoms with E-state index in [4.69, 9.17) is 14.2 Å². The molecule has 2 saturated heterocycles. The van der Waals surface area contributed by atoms with Crippen LogP contribution in [-0.2, 0) is 9.47 Å². The normalized spacial score (nSPS) is 27.4. The van der Waals surface area contributed by atoms with E-state index in [9.17, 15) is 0 Å². The summed E-state index contributed by atoms with van der Waals surface area (Å²) in [5.41, 5.74) is 1.21. The number of para-hydroxylation sites is 2. The Bertz CT molecular complexity index is 630. The van der Waals surface area contributed by atoms with Gasteiger partial charge in [-0.2, -0.15) is 0 Å². The van der Waals surface area contributed by atoms with Gasteiger partial charge in [0.05, 0.1) is 36.7 Å². The molecule has 0 bridgehead atoms. The molecular formula is C23H37ClN2O3. The van der Waals surface area contributed by atoms with Crippen LogP contribution in [-0.4, -0.2) is 68.6 Å². The molecule has 0 amide bonds. The fraction of sp³-hybridized carbons (Fsp3) is 0.739. The minimum Gasteiger partial charge on any atom is -0.492 e. The summed E-state index contributed by atoms with van der Waals surface area (Å²) in [7, 11) is 0. The van der Waals surface area contributed by atoms with Gasteiger partial charge in [0.1, 0.15) is 5.75 Å². The molecule has 2 unspecified atom stereocenters. The number of hydrogen-bond acceptors (Lipinski definition) is 5. The molecule has 0 radical (unpaired) electrons. The van der Waals surface area contributed by atoms with E-state index in [2.05, 4.69) is 34.9 Å². The largest absolute Gasteiger partial charge is 0.492 e. The summed E-state index contributed by atoms with van der Waals surface area (Å²) >= 11 is 0. The molecule has 6 heteroatoms. The van der Waals surface area contributed by atoms with Crippen LogP contribution in [0.5, 0.6) is 5.75 Å². The summed E-state index contributed by atoms with van der Waals surface area (Å²) in [4.78, 5) is 4.97. The van der Waals surface area contributed by atoms with Crippen LogP contribution in [0.3, 0.4) is 0 Å². The van der Waals surface area contributed by atoms with Crippen LogP contribution in [0, 0.1) is 0 Å². The highest BCUT2D eigenvalue weighted by Gasteiger charge is 2.44. The Hall–Kier alpha value is -1.01. The van der Waals surface area contributed by atoms with Gasteiger partial charge in [0.15, 0.2) is 0 Å². The van der Waals surface area contributed by atoms with Gasteiger partial charge in [0.25, 0.3) is 0 Å². The van der Waals surface area contributed by atoms with Crippen LogP contribution in [0.4, 0.5) is 5.69 Å². The summed E-state index contributed by atoms with van der Waals surface area (Å²) in [5.74, 6) is 0.995. The zero-order chi connectivity index (χ0) is 19.4. The van der Waals surface area contributed by atoms with Gasteiger partial charge in [0, 0.05) is 32.7 Å². The van der Waals surface area contributed by atoms with Gasteiger partial charge in [0.2, 0.25) is 0 Å². The van der Waals surface area contributed by atoms with E-state index in [0.29, 0.717) is 6.61 Å². The molecular weight excluding hydrogens is 388 g/mol. The molecule has 1 aromatic carbocycles. The third kappa shape index (κ3) is 5.19. The highest BCUT2D eigenvalue weighted by molar-refractivity contribution is 5.85. The third-order valence-electron chi connectivity index (χ3n) is 6.73. The smallest absolute Gasteiger partial charge is 0.142 e. The predicted molar refractivity (Wildman–Crippen MR) is 120 cm³/mol. The monoisotopic (exact) mass is 424 g/mol. The number of benzene rings is 1. The molecule has 2 aliphatic heterocycles. The van der Waals surface area contributed by atoms with Gasteiger partial charge in [-0.3, -0.25) is 4.90 Å². The number of hydrogen-bond donors (Lipinski definition) is 0. The number of halogens is 1. The van der Waals surface area contributed by atoms with Crippen molar-refractivity contribution >= 4 is 18.1 Å². The predicted octanol–water partition coefficient (Wildman–Crippen LogP) is 4.14. The fourth-order valence-electron chi connectivity index (χ4n) is 5.08. The van der Waals surface area contributed by atoms with Crippen molar-refractivity contribution in [2.24, 2.45) is 0 Å². The standard InChI is InChI=1S/C23H36N2O3.ClH/c1-3-26-22-10-6-5-9-21(22)25-15-13-24(14-16-25)17-20-18-27-23(19(2)28-20)11-7-4-8-12-23;/h5-6,9-10,19-20H,3-4,7-8,11-18H2,1-2H3;1H. The van der Waals surface area contributed by atoms with Crippen LogP contribution >= 0.6 is 12.4 Å². The quantitative estimate of drug-likeness (QED) is 0.709. The third-order valence-corrected chi connectivity index (χ3v) is 6.73. The summed E-state index contributed by atoms with van der Waals surface area (Å²) in [6.45, 7) is 10.8. The zero-order valence-electron chi connectivity index (χ0n) is 18.0. The average Bonchev–Trinajstić information content (AvgIpc) is 2.73. The zero-order valence-corrected chi connectivity index (χ0v) is 18.8. The summed E-state index contributed by atoms with van der Waals surface area (Å²) in [6.07, 6.45) is 6.65. The van der Waals surface area contributed by atoms with Crippen LogP contribution in [0.2, 0.25) is 0 Å². The van der Waals surface area contributed by atoms with Gasteiger partial charge in [-0.05, 0) is 38.8 Å². The molecule has 1 aromatic rings. The van der Waals surface area contributed by atoms with Crippen molar-refractivity contribution in [3.8, 4) is 5.75 Å². The van der Waals surface area contributed by atoms with Crippen molar-refractivity contribution in [1.29, 1.82) is 0 Å². The van der Waals surface area contributed by atoms with E-state index in [-0.39, 0.29) is 30.2 Å². The molecule has 1 aliphatic carbocycles. The summed E-state index contributed by atoms with van der Waals surface area (Å²) < 4.78 is 18.7. The first-order valence-corrected chi connectivity index (χ1v) is 11.2. The Kier molecular flexibility index (Phi) is 8.08. The van der Waals surface area contributed by atoms with Crippen LogP contribution in [0.25, 0.3) is 0 Å². The van der Waals surface area contributed by atoms with Gasteiger partial charge < -0.3 is 19.1 Å². The number of piperazine rings is 1. The highest BCUT2D eigenvalue weighted by atomic mass is 35.5. The van der Waals surface area contributed by atoms with Crippen LogP contribution in [0.1, 0.15) is 46.0 Å². The highest BCUT2D eigenvalue weighted by Crippen LogP contribution is 2.39. The van der Waals surface area contributed by atoms with Gasteiger partial charge >= 0.3 is 0 Å². The first kappa shape index (κ1) is 22.7. The van der Waals surface area contributed by atoms with E-state index in [1.54, 1.807) is 0 Å². The molecule has 4 rings (SSSR count). The SMILES string of the molecule is CCOc1ccccc1N1CCN(CC2COC3(CCCCC3)C(C)O2)CC1.Cl. The topological polar surface area (TPSA) is 34.2 Å². The Morgan fingerprint density at radius 3 is 2.48 bits per heavy atom. The molecule has 5 nitrogen and oxygen atoms in total. The Morgan fingerprint density at radius 1 is 1.07 bits per heavy atom. The first-order valence-electron chi connectivity index (χ1n) is 11.2. The first-order chi connectivity index (χ1) is 13.7. The molecule has 3 fully saturated rings. The molecule has 1 spiro atoms. The Labute approximate surface area is 182 Å². The van der Waals surface area contributed by atoms with E-state index < -0.39 is 0 Å². The maximum atomic E-state index is 6.44. The number of nitrogens with zero attached hydrogens (tertiary/aromatic N) is 2. The lowest BCUT2D eigenvalue weighted by Crippen LogP contribution is -2.57. The van der Waals surface area contributed by atoms with E-state index in [1.807, 2.05) is 13.0 Å². The lowest BCUT2D eigenvalue weighted by atomic mass is 9.80. The molecule has 1 saturated carbocycles. The van der Waals surface area contributed by atoms with Crippen molar-refractivity contribution in [2.75, 3.05) is 50.8 Å². The Morgan fingerprint density at radius 2 is 1.79 bits per heavy atom. The van der Waals surface area contributed by atoms with Crippen molar-refractivity contribution in [3.63, 3.8) is 0 Å². The maximum Gasteiger partial charge on any atom is 0.142 e. The second kappa shape index (κ2) is 10.3. The molecule has 2 atom stereocenters. The van der Waals surface area contributed by atoms with E-state index >= 15 is 0 Å². The van der Waals surface area contributed by atoms with E-state index in [1.165, 1.54) is 37.8 Å². The fourth-order valence-corrected chi connectivity index (χ4v) is 5.08. The Balaban J connectivity index is 0.00000240. The van der Waals surface area contributed by atoms with Crippen molar-refractivity contribution in [1.82, 2.24) is 4.90 Å². The summed E-state index contributed by atoms with van der Waals surface area (Å²) in [5, 5.41) is 0. The van der Waals surface area contributed by atoms with Crippen molar-refractivity contribution < 1.29 is 14.2 Å². The minimum absolute atomic E-state index is 0. The van der Waals surface area contributed by atoms with Gasteiger partial charge in [-0.1, -0.05) is 31.4 Å². The number of rotatable bonds is 5. The van der Waals surface area contributed by atoms with E-state index in [0.717, 1.165) is 45.1 Å². The molecule has 3 aliphatic rings. The lowest BCUT2D eigenvalue weighted by molar-refractivity contribution is -0.241. The van der Waals surface area contributed by atoms with Crippen LogP contribution < -0.4 is 9.64 Å². The molecule has 29 heavy (non-hydrogen) atoms. The van der Waals surface area contributed by atoms with Crippen molar-refractivity contribution in [2.45, 2.75) is 63.8 Å². The second-order valence-electron chi connectivity index (χ2n) is 8.53. The second-order valence-corrected chi connectivity index (χ2v) is 8.53. The van der Waals surface area contributed by atoms with Gasteiger partial charge in [-0.15, -0.1) is 12.4 Å². The lowest BCUT2D eigenvalue weighted by Gasteiger charge is -2.48. The maximum absolute atomic E-state index is 6.44.